The van der Waals surface area contributed by atoms with Crippen molar-refractivity contribution < 1.29 is 8.42 Å². The van der Waals surface area contributed by atoms with Crippen LogP contribution in [-0.2, 0) is 10.0 Å². The Bertz CT molecular complexity index is 777. The van der Waals surface area contributed by atoms with Crippen molar-refractivity contribution in [1.82, 2.24) is 4.98 Å². The van der Waals surface area contributed by atoms with Gasteiger partial charge in [-0.1, -0.05) is 29.3 Å². The zero-order valence-electron chi connectivity index (χ0n) is 11.4. The molecule has 8 heteroatoms. The zero-order chi connectivity index (χ0) is 16.2. The topological polar surface area (TPSA) is 71.1 Å². The van der Waals surface area contributed by atoms with Gasteiger partial charge in [0.1, 0.15) is 5.82 Å². The number of hydrogen-bond acceptors (Lipinski definition) is 4. The van der Waals surface area contributed by atoms with Gasteiger partial charge in [-0.15, -0.1) is 6.58 Å². The lowest BCUT2D eigenvalue weighted by Crippen LogP contribution is -2.14. The van der Waals surface area contributed by atoms with Crippen LogP contribution < -0.4 is 10.0 Å². The number of rotatable bonds is 6. The predicted molar refractivity (Wildman–Crippen MR) is 90.2 cm³/mol. The first-order valence-electron chi connectivity index (χ1n) is 6.21. The highest BCUT2D eigenvalue weighted by Gasteiger charge is 2.16. The third-order valence-electron chi connectivity index (χ3n) is 2.65. The summed E-state index contributed by atoms with van der Waals surface area (Å²) < 4.78 is 26.9. The van der Waals surface area contributed by atoms with E-state index in [9.17, 15) is 8.42 Å². The van der Waals surface area contributed by atoms with E-state index in [1.54, 1.807) is 18.2 Å². The van der Waals surface area contributed by atoms with Crippen molar-refractivity contribution in [2.45, 2.75) is 4.90 Å². The Hall–Kier alpha value is -1.76. The summed E-state index contributed by atoms with van der Waals surface area (Å²) in [6.07, 6.45) is 3.23. The highest BCUT2D eigenvalue weighted by molar-refractivity contribution is 7.92. The molecule has 0 fully saturated rings. The SMILES string of the molecule is C=CCNc1ccc(NS(=O)(=O)c2ccc(Cl)c(Cl)c2)nc1. The van der Waals surface area contributed by atoms with Gasteiger partial charge < -0.3 is 5.32 Å². The summed E-state index contributed by atoms with van der Waals surface area (Å²) in [5.74, 6) is 0.204. The van der Waals surface area contributed by atoms with Crippen LogP contribution >= 0.6 is 23.2 Å². The second kappa shape index (κ2) is 7.00. The Morgan fingerprint density at radius 3 is 2.55 bits per heavy atom. The normalized spacial score (nSPS) is 11.0. The molecule has 2 rings (SSSR count). The molecule has 1 aromatic heterocycles. The maximum atomic E-state index is 12.2. The molecule has 22 heavy (non-hydrogen) atoms. The van der Waals surface area contributed by atoms with E-state index in [0.29, 0.717) is 6.54 Å². The number of aromatic nitrogens is 1. The molecule has 0 radical (unpaired) electrons. The van der Waals surface area contributed by atoms with Crippen molar-refractivity contribution in [3.8, 4) is 0 Å². The molecular weight excluding hydrogens is 345 g/mol. The zero-order valence-corrected chi connectivity index (χ0v) is 13.7. The molecule has 2 aromatic rings. The first-order valence-corrected chi connectivity index (χ1v) is 8.45. The lowest BCUT2D eigenvalue weighted by molar-refractivity contribution is 0.601. The highest BCUT2D eigenvalue weighted by atomic mass is 35.5. The number of hydrogen-bond donors (Lipinski definition) is 2. The van der Waals surface area contributed by atoms with E-state index in [1.165, 1.54) is 24.4 Å². The van der Waals surface area contributed by atoms with Gasteiger partial charge in [-0.05, 0) is 30.3 Å². The van der Waals surface area contributed by atoms with E-state index < -0.39 is 10.0 Å². The van der Waals surface area contributed by atoms with E-state index >= 15 is 0 Å². The number of nitrogens with one attached hydrogen (secondary N) is 2. The minimum Gasteiger partial charge on any atom is -0.380 e. The molecular formula is C14H13Cl2N3O2S. The average molecular weight is 358 g/mol. The van der Waals surface area contributed by atoms with Crippen LogP contribution in [0, 0.1) is 0 Å². The van der Waals surface area contributed by atoms with Gasteiger partial charge in [0.2, 0.25) is 0 Å². The quantitative estimate of drug-likeness (QED) is 0.771. The minimum absolute atomic E-state index is 0.0116. The van der Waals surface area contributed by atoms with Crippen molar-refractivity contribution in [3.05, 3.63) is 59.2 Å². The van der Waals surface area contributed by atoms with Crippen LogP contribution in [0.3, 0.4) is 0 Å². The summed E-state index contributed by atoms with van der Waals surface area (Å²) in [7, 11) is -3.77. The van der Waals surface area contributed by atoms with Crippen molar-refractivity contribution in [1.29, 1.82) is 0 Å². The van der Waals surface area contributed by atoms with Crippen LogP contribution in [0.25, 0.3) is 0 Å². The maximum Gasteiger partial charge on any atom is 0.263 e. The third kappa shape index (κ3) is 4.13. The smallest absolute Gasteiger partial charge is 0.263 e. The molecule has 2 N–H and O–H groups in total. The number of nitrogens with zero attached hydrogens (tertiary/aromatic N) is 1. The van der Waals surface area contributed by atoms with Gasteiger partial charge in [-0.25, -0.2) is 13.4 Å². The number of halogens is 2. The summed E-state index contributed by atoms with van der Waals surface area (Å²) in [5.41, 5.74) is 0.761. The monoisotopic (exact) mass is 357 g/mol. The van der Waals surface area contributed by atoms with Gasteiger partial charge in [0.15, 0.2) is 0 Å². The Kier molecular flexibility index (Phi) is 5.28. The molecule has 1 aromatic carbocycles. The molecule has 0 aliphatic heterocycles. The fourth-order valence-corrected chi connectivity index (χ4v) is 2.99. The molecule has 0 atom stereocenters. The summed E-state index contributed by atoms with van der Waals surface area (Å²) >= 11 is 11.6. The Morgan fingerprint density at radius 2 is 1.95 bits per heavy atom. The van der Waals surface area contributed by atoms with E-state index in [4.69, 9.17) is 23.2 Å². The summed E-state index contributed by atoms with van der Waals surface area (Å²) in [4.78, 5) is 4.05. The van der Waals surface area contributed by atoms with E-state index in [-0.39, 0.29) is 20.8 Å². The molecule has 0 aliphatic rings. The van der Waals surface area contributed by atoms with Crippen LogP contribution in [0.2, 0.25) is 10.0 Å². The molecule has 5 nitrogen and oxygen atoms in total. The standard InChI is InChI=1S/C14H13Cl2N3O2S/c1-2-7-17-10-3-6-14(18-9-10)19-22(20,21)11-4-5-12(15)13(16)8-11/h2-6,8-9,17H,1,7H2,(H,18,19). The Morgan fingerprint density at radius 1 is 1.18 bits per heavy atom. The van der Waals surface area contributed by atoms with E-state index in [0.717, 1.165) is 5.69 Å². The summed E-state index contributed by atoms with van der Waals surface area (Å²) in [6.45, 7) is 4.19. The van der Waals surface area contributed by atoms with Gasteiger partial charge in [0.25, 0.3) is 10.0 Å². The molecule has 1 heterocycles. The summed E-state index contributed by atoms with van der Waals surface area (Å²) in [6, 6.07) is 7.35. The van der Waals surface area contributed by atoms with Crippen molar-refractivity contribution in [3.63, 3.8) is 0 Å². The number of sulfonamides is 1. The van der Waals surface area contributed by atoms with Gasteiger partial charge in [-0.3, -0.25) is 4.72 Å². The fourth-order valence-electron chi connectivity index (χ4n) is 1.59. The number of benzene rings is 1. The van der Waals surface area contributed by atoms with Crippen LogP contribution in [0.15, 0.2) is 54.1 Å². The molecule has 0 aliphatic carbocycles. The van der Waals surface area contributed by atoms with Gasteiger partial charge in [-0.2, -0.15) is 0 Å². The van der Waals surface area contributed by atoms with Crippen LogP contribution in [0.5, 0.6) is 0 Å². The number of anilines is 2. The molecule has 0 spiro atoms. The van der Waals surface area contributed by atoms with Gasteiger partial charge >= 0.3 is 0 Å². The molecule has 0 saturated carbocycles. The van der Waals surface area contributed by atoms with Crippen LogP contribution in [0.1, 0.15) is 0 Å². The molecule has 116 valence electrons. The highest BCUT2D eigenvalue weighted by Crippen LogP contribution is 2.25. The van der Waals surface area contributed by atoms with Crippen LogP contribution in [0.4, 0.5) is 11.5 Å². The Balaban J connectivity index is 2.17. The average Bonchev–Trinajstić information content (AvgIpc) is 2.49. The second-order valence-corrected chi connectivity index (χ2v) is 6.78. The predicted octanol–water partition coefficient (Wildman–Crippen LogP) is 3.79. The van der Waals surface area contributed by atoms with Gasteiger partial charge in [0.05, 0.1) is 26.8 Å². The van der Waals surface area contributed by atoms with E-state index in [1.807, 2.05) is 0 Å². The maximum absolute atomic E-state index is 12.2. The lowest BCUT2D eigenvalue weighted by Gasteiger charge is -2.09. The van der Waals surface area contributed by atoms with E-state index in [2.05, 4.69) is 21.6 Å². The Labute approximate surface area is 139 Å². The first kappa shape index (κ1) is 16.6. The largest absolute Gasteiger partial charge is 0.380 e. The van der Waals surface area contributed by atoms with Gasteiger partial charge in [0, 0.05) is 6.54 Å². The molecule has 0 bridgehead atoms. The molecule has 0 amide bonds. The summed E-state index contributed by atoms with van der Waals surface area (Å²) in [5, 5.41) is 3.50. The lowest BCUT2D eigenvalue weighted by atomic mass is 10.4. The second-order valence-electron chi connectivity index (χ2n) is 4.28. The molecule has 0 saturated heterocycles. The molecule has 0 unspecified atom stereocenters. The third-order valence-corrected chi connectivity index (χ3v) is 4.75. The van der Waals surface area contributed by atoms with Crippen molar-refractivity contribution in [2.75, 3.05) is 16.6 Å². The van der Waals surface area contributed by atoms with Crippen molar-refractivity contribution >= 4 is 44.7 Å². The first-order chi connectivity index (χ1) is 10.4. The van der Waals surface area contributed by atoms with Crippen LogP contribution in [-0.4, -0.2) is 19.9 Å². The van der Waals surface area contributed by atoms with Crippen molar-refractivity contribution in [2.24, 2.45) is 0 Å². The fraction of sp³-hybridized carbons (Fsp3) is 0.0714. The minimum atomic E-state index is -3.77. The number of pyridine rings is 1.